The van der Waals surface area contributed by atoms with E-state index in [1.807, 2.05) is 31.2 Å². The SMILES string of the molecule is CCC(C(=O)NC)N(Cc1cccc(C)c1)C(=O)CN1C(=O)c2ccccc2S1(=O)=O. The first-order chi connectivity index (χ1) is 14.7. The van der Waals surface area contributed by atoms with Gasteiger partial charge in [-0.2, -0.15) is 0 Å². The van der Waals surface area contributed by atoms with E-state index in [9.17, 15) is 22.8 Å². The van der Waals surface area contributed by atoms with Gasteiger partial charge in [-0.25, -0.2) is 12.7 Å². The Morgan fingerprint density at radius 3 is 2.45 bits per heavy atom. The highest BCUT2D eigenvalue weighted by atomic mass is 32.2. The largest absolute Gasteiger partial charge is 0.357 e. The predicted octanol–water partition coefficient (Wildman–Crippen LogP) is 1.69. The van der Waals surface area contributed by atoms with Crippen LogP contribution in [0.2, 0.25) is 0 Å². The van der Waals surface area contributed by atoms with Gasteiger partial charge in [0.2, 0.25) is 11.8 Å². The van der Waals surface area contributed by atoms with Crippen LogP contribution in [0.5, 0.6) is 0 Å². The van der Waals surface area contributed by atoms with E-state index in [4.69, 9.17) is 0 Å². The molecule has 3 rings (SSSR count). The third kappa shape index (κ3) is 4.32. The summed E-state index contributed by atoms with van der Waals surface area (Å²) in [4.78, 5) is 39.6. The zero-order valence-corrected chi connectivity index (χ0v) is 18.5. The predicted molar refractivity (Wildman–Crippen MR) is 115 cm³/mol. The first-order valence-corrected chi connectivity index (χ1v) is 11.4. The van der Waals surface area contributed by atoms with E-state index < -0.39 is 34.4 Å². The highest BCUT2D eigenvalue weighted by molar-refractivity contribution is 7.90. The van der Waals surface area contributed by atoms with Crippen LogP contribution in [-0.2, 0) is 26.2 Å². The molecule has 1 aliphatic rings. The van der Waals surface area contributed by atoms with Crippen LogP contribution in [0.4, 0.5) is 0 Å². The zero-order chi connectivity index (χ0) is 22.8. The molecule has 1 atom stereocenters. The van der Waals surface area contributed by atoms with Gasteiger partial charge in [-0.3, -0.25) is 14.4 Å². The Bertz CT molecular complexity index is 1130. The molecule has 0 radical (unpaired) electrons. The third-order valence-corrected chi connectivity index (χ3v) is 7.05. The topological polar surface area (TPSA) is 104 Å². The van der Waals surface area contributed by atoms with Gasteiger partial charge < -0.3 is 10.2 Å². The number of benzene rings is 2. The van der Waals surface area contributed by atoms with Crippen molar-refractivity contribution in [2.24, 2.45) is 0 Å². The summed E-state index contributed by atoms with van der Waals surface area (Å²) in [6, 6.07) is 12.5. The number of hydrogen-bond donors (Lipinski definition) is 1. The molecule has 3 amide bonds. The van der Waals surface area contributed by atoms with Gasteiger partial charge >= 0.3 is 0 Å². The Balaban J connectivity index is 1.93. The first-order valence-electron chi connectivity index (χ1n) is 9.93. The van der Waals surface area contributed by atoms with Crippen LogP contribution in [0.15, 0.2) is 53.4 Å². The molecule has 0 spiro atoms. The molecular weight excluding hydrogens is 418 g/mol. The minimum Gasteiger partial charge on any atom is -0.357 e. The second-order valence-electron chi connectivity index (χ2n) is 7.36. The second-order valence-corrected chi connectivity index (χ2v) is 9.19. The van der Waals surface area contributed by atoms with Crippen LogP contribution in [0.1, 0.15) is 34.8 Å². The van der Waals surface area contributed by atoms with Gasteiger partial charge in [-0.1, -0.05) is 48.9 Å². The molecule has 0 aliphatic carbocycles. The Morgan fingerprint density at radius 1 is 1.13 bits per heavy atom. The lowest BCUT2D eigenvalue weighted by Gasteiger charge is -2.31. The number of nitrogens with one attached hydrogen (secondary N) is 1. The summed E-state index contributed by atoms with van der Waals surface area (Å²) in [5, 5.41) is 2.55. The number of amides is 3. The summed E-state index contributed by atoms with van der Waals surface area (Å²) in [5.74, 6) is -1.73. The van der Waals surface area contributed by atoms with Gasteiger partial charge in [-0.05, 0) is 31.0 Å². The molecule has 1 heterocycles. The molecule has 0 saturated carbocycles. The molecule has 1 unspecified atom stereocenters. The molecule has 31 heavy (non-hydrogen) atoms. The number of sulfonamides is 1. The van der Waals surface area contributed by atoms with Crippen LogP contribution in [0.3, 0.4) is 0 Å². The number of fused-ring (bicyclic) bond motifs is 1. The average Bonchev–Trinajstić information content (AvgIpc) is 2.94. The minimum atomic E-state index is -4.13. The molecule has 0 bridgehead atoms. The lowest BCUT2D eigenvalue weighted by Crippen LogP contribution is -2.51. The van der Waals surface area contributed by atoms with E-state index >= 15 is 0 Å². The van der Waals surface area contributed by atoms with Gasteiger partial charge in [0.15, 0.2) is 0 Å². The molecule has 164 valence electrons. The van der Waals surface area contributed by atoms with Crippen molar-refractivity contribution in [3.63, 3.8) is 0 Å². The standard InChI is InChI=1S/C22H25N3O5S/c1-4-18(21(27)23-3)24(13-16-9-7-8-15(2)12-16)20(26)14-25-22(28)17-10-5-6-11-19(17)31(25,29)30/h5-12,18H,4,13-14H2,1-3H3,(H,23,27). The highest BCUT2D eigenvalue weighted by Gasteiger charge is 2.43. The van der Waals surface area contributed by atoms with Gasteiger partial charge in [0.05, 0.1) is 5.56 Å². The van der Waals surface area contributed by atoms with Crippen molar-refractivity contribution in [2.45, 2.75) is 37.8 Å². The highest BCUT2D eigenvalue weighted by Crippen LogP contribution is 2.30. The van der Waals surface area contributed by atoms with Crippen molar-refractivity contribution < 1.29 is 22.8 Å². The van der Waals surface area contributed by atoms with Crippen molar-refractivity contribution >= 4 is 27.7 Å². The number of hydrogen-bond acceptors (Lipinski definition) is 5. The second kappa shape index (κ2) is 8.89. The van der Waals surface area contributed by atoms with Crippen LogP contribution >= 0.6 is 0 Å². The van der Waals surface area contributed by atoms with E-state index in [0.29, 0.717) is 10.7 Å². The molecule has 8 nitrogen and oxygen atoms in total. The van der Waals surface area contributed by atoms with Gasteiger partial charge in [0.1, 0.15) is 17.5 Å². The van der Waals surface area contributed by atoms with Crippen LogP contribution in [-0.4, -0.2) is 55.0 Å². The number of nitrogens with zero attached hydrogens (tertiary/aromatic N) is 2. The normalized spacial score (nSPS) is 15.3. The molecular formula is C22H25N3O5S. The number of likely N-dealkylation sites (N-methyl/N-ethyl adjacent to an activating group) is 1. The molecule has 0 aromatic heterocycles. The number of rotatable bonds is 7. The third-order valence-electron chi connectivity index (χ3n) is 5.26. The molecule has 1 aliphatic heterocycles. The Morgan fingerprint density at radius 2 is 1.84 bits per heavy atom. The fraction of sp³-hybridized carbons (Fsp3) is 0.318. The molecule has 2 aromatic carbocycles. The first kappa shape index (κ1) is 22.5. The maximum atomic E-state index is 13.3. The lowest BCUT2D eigenvalue weighted by atomic mass is 10.1. The fourth-order valence-corrected chi connectivity index (χ4v) is 5.21. The molecule has 9 heteroatoms. The number of aryl methyl sites for hydroxylation is 1. The van der Waals surface area contributed by atoms with Crippen LogP contribution < -0.4 is 5.32 Å². The molecule has 2 aromatic rings. The smallest absolute Gasteiger partial charge is 0.269 e. The summed E-state index contributed by atoms with van der Waals surface area (Å²) < 4.78 is 26.3. The van der Waals surface area contributed by atoms with E-state index in [-0.39, 0.29) is 22.9 Å². The van der Waals surface area contributed by atoms with Gasteiger partial charge in [-0.15, -0.1) is 0 Å². The molecule has 1 N–H and O–H groups in total. The maximum Gasteiger partial charge on any atom is 0.269 e. The summed E-state index contributed by atoms with van der Waals surface area (Å²) in [5.41, 5.74) is 1.83. The van der Waals surface area contributed by atoms with Crippen molar-refractivity contribution in [2.75, 3.05) is 13.6 Å². The van der Waals surface area contributed by atoms with Crippen molar-refractivity contribution in [3.8, 4) is 0 Å². The quantitative estimate of drug-likeness (QED) is 0.701. The van der Waals surface area contributed by atoms with Crippen molar-refractivity contribution in [1.29, 1.82) is 0 Å². The van der Waals surface area contributed by atoms with Crippen molar-refractivity contribution in [3.05, 3.63) is 65.2 Å². The summed E-state index contributed by atoms with van der Waals surface area (Å²) in [6.45, 7) is 3.12. The van der Waals surface area contributed by atoms with Gasteiger partial charge in [0, 0.05) is 13.6 Å². The van der Waals surface area contributed by atoms with Crippen molar-refractivity contribution in [1.82, 2.24) is 14.5 Å². The van der Waals surface area contributed by atoms with E-state index in [1.165, 1.54) is 30.1 Å². The van der Waals surface area contributed by atoms with E-state index in [2.05, 4.69) is 5.32 Å². The number of carbonyl (C=O) groups excluding carboxylic acids is 3. The Kier molecular flexibility index (Phi) is 6.45. The monoisotopic (exact) mass is 443 g/mol. The fourth-order valence-electron chi connectivity index (χ4n) is 3.69. The summed E-state index contributed by atoms with van der Waals surface area (Å²) >= 11 is 0. The Hall–Kier alpha value is -3.20. The molecule has 0 saturated heterocycles. The summed E-state index contributed by atoms with van der Waals surface area (Å²) in [7, 11) is -2.65. The molecule has 0 fully saturated rings. The summed E-state index contributed by atoms with van der Waals surface area (Å²) in [6.07, 6.45) is 0.331. The van der Waals surface area contributed by atoms with E-state index in [0.717, 1.165) is 11.1 Å². The average molecular weight is 444 g/mol. The minimum absolute atomic E-state index is 0.0406. The number of carbonyl (C=O) groups is 3. The van der Waals surface area contributed by atoms with E-state index in [1.54, 1.807) is 13.0 Å². The van der Waals surface area contributed by atoms with Crippen LogP contribution in [0.25, 0.3) is 0 Å². The van der Waals surface area contributed by atoms with Crippen LogP contribution in [0, 0.1) is 6.92 Å². The Labute approximate surface area is 181 Å². The van der Waals surface area contributed by atoms with Gasteiger partial charge in [0.25, 0.3) is 15.9 Å². The lowest BCUT2D eigenvalue weighted by molar-refractivity contribution is -0.141. The zero-order valence-electron chi connectivity index (χ0n) is 17.7. The maximum absolute atomic E-state index is 13.3.